The van der Waals surface area contributed by atoms with Gasteiger partial charge in [0.05, 0.1) is 29.9 Å². The number of rotatable bonds is 4. The second kappa shape index (κ2) is 9.82. The van der Waals surface area contributed by atoms with Crippen molar-refractivity contribution >= 4 is 16.9 Å². The number of ether oxygens (including phenoxy) is 2. The van der Waals surface area contributed by atoms with Gasteiger partial charge in [-0.1, -0.05) is 56.3 Å². The first-order valence-corrected chi connectivity index (χ1v) is 13.8. The molecule has 1 unspecified atom stereocenters. The highest BCUT2D eigenvalue weighted by molar-refractivity contribution is 5.94. The first-order chi connectivity index (χ1) is 19.9. The summed E-state index contributed by atoms with van der Waals surface area (Å²) in [6, 6.07) is 24.3. The molecule has 4 heterocycles. The molecule has 2 aliphatic heterocycles. The van der Waals surface area contributed by atoms with Crippen molar-refractivity contribution in [3.05, 3.63) is 107 Å². The largest absolute Gasteiger partial charge is 0.435 e. The van der Waals surface area contributed by atoms with Gasteiger partial charge in [-0.2, -0.15) is 0 Å². The van der Waals surface area contributed by atoms with Gasteiger partial charge in [-0.3, -0.25) is 4.79 Å². The lowest BCUT2D eigenvalue weighted by Gasteiger charge is -2.37. The SMILES string of the molecule is CC(C)(c1nc2ccccc2[nH]1)C1c2ccc(-c3ccc(C(=O)N4CCOCC4)cc3)nc2Oc2c(F)cccc21. The maximum absolute atomic E-state index is 15.2. The van der Waals surface area contributed by atoms with Gasteiger partial charge in [0.1, 0.15) is 5.82 Å². The van der Waals surface area contributed by atoms with E-state index in [2.05, 4.69) is 18.8 Å². The number of hydrogen-bond donors (Lipinski definition) is 1. The van der Waals surface area contributed by atoms with Crippen molar-refractivity contribution in [2.24, 2.45) is 0 Å². The minimum absolute atomic E-state index is 0.00988. The number of amides is 1. The average Bonchev–Trinajstić information content (AvgIpc) is 3.46. The van der Waals surface area contributed by atoms with Gasteiger partial charge in [0.2, 0.25) is 5.88 Å². The van der Waals surface area contributed by atoms with Gasteiger partial charge < -0.3 is 19.4 Å². The molecule has 7 rings (SSSR count). The smallest absolute Gasteiger partial charge is 0.254 e. The van der Waals surface area contributed by atoms with Crippen LogP contribution >= 0.6 is 0 Å². The van der Waals surface area contributed by atoms with Crippen molar-refractivity contribution in [2.75, 3.05) is 26.3 Å². The molecule has 3 aromatic carbocycles. The zero-order chi connectivity index (χ0) is 28.1. The first-order valence-electron chi connectivity index (χ1n) is 13.8. The number of benzene rings is 3. The number of hydrogen-bond acceptors (Lipinski definition) is 5. The Balaban J connectivity index is 1.27. The topological polar surface area (TPSA) is 80.3 Å². The summed E-state index contributed by atoms with van der Waals surface area (Å²) in [5.74, 6) is 0.637. The Hall–Kier alpha value is -4.56. The fourth-order valence-electron chi connectivity index (χ4n) is 5.94. The van der Waals surface area contributed by atoms with Crippen molar-refractivity contribution in [3.8, 4) is 22.9 Å². The summed E-state index contributed by atoms with van der Waals surface area (Å²) in [5, 5.41) is 0. The van der Waals surface area contributed by atoms with Crippen LogP contribution in [0.1, 0.15) is 47.1 Å². The second-order valence-electron chi connectivity index (χ2n) is 11.1. The Morgan fingerprint density at radius 2 is 1.71 bits per heavy atom. The number of morpholine rings is 1. The number of aromatic amines is 1. The van der Waals surface area contributed by atoms with Gasteiger partial charge in [-0.15, -0.1) is 0 Å². The van der Waals surface area contributed by atoms with Gasteiger partial charge >= 0.3 is 0 Å². The molecular formula is C33H29FN4O3. The molecular weight excluding hydrogens is 519 g/mol. The van der Waals surface area contributed by atoms with Crippen molar-refractivity contribution in [1.29, 1.82) is 0 Å². The van der Waals surface area contributed by atoms with E-state index in [9.17, 15) is 4.79 Å². The van der Waals surface area contributed by atoms with Crippen LogP contribution in [-0.4, -0.2) is 52.1 Å². The second-order valence-corrected chi connectivity index (χ2v) is 11.1. The van der Waals surface area contributed by atoms with E-state index in [1.165, 1.54) is 6.07 Å². The van der Waals surface area contributed by atoms with E-state index < -0.39 is 11.2 Å². The van der Waals surface area contributed by atoms with Crippen LogP contribution in [0.2, 0.25) is 0 Å². The van der Waals surface area contributed by atoms with Crippen LogP contribution in [-0.2, 0) is 10.2 Å². The maximum atomic E-state index is 15.2. The predicted molar refractivity (Wildman–Crippen MR) is 154 cm³/mol. The summed E-state index contributed by atoms with van der Waals surface area (Å²) in [4.78, 5) is 27.9. The Kier molecular flexibility index (Phi) is 6.08. The normalized spacial score (nSPS) is 16.7. The lowest BCUT2D eigenvalue weighted by molar-refractivity contribution is 0.0303. The molecule has 0 spiro atoms. The molecule has 8 heteroatoms. The summed E-state index contributed by atoms with van der Waals surface area (Å²) < 4.78 is 26.7. The van der Waals surface area contributed by atoms with Gasteiger partial charge in [0.15, 0.2) is 11.6 Å². The molecule has 2 aliphatic rings. The highest BCUT2D eigenvalue weighted by atomic mass is 19.1. The number of para-hydroxylation sites is 3. The van der Waals surface area contributed by atoms with E-state index >= 15 is 4.39 Å². The fourth-order valence-corrected chi connectivity index (χ4v) is 5.94. The van der Waals surface area contributed by atoms with E-state index in [4.69, 9.17) is 19.4 Å². The molecule has 2 aromatic heterocycles. The minimum atomic E-state index is -0.551. The molecule has 1 saturated heterocycles. The molecule has 0 bridgehead atoms. The van der Waals surface area contributed by atoms with Crippen molar-refractivity contribution in [2.45, 2.75) is 25.2 Å². The lowest BCUT2D eigenvalue weighted by Crippen LogP contribution is -2.40. The zero-order valence-electron chi connectivity index (χ0n) is 22.9. The van der Waals surface area contributed by atoms with E-state index in [1.54, 1.807) is 11.0 Å². The molecule has 5 aromatic rings. The number of pyridine rings is 1. The average molecular weight is 549 g/mol. The van der Waals surface area contributed by atoms with E-state index in [0.29, 0.717) is 43.4 Å². The van der Waals surface area contributed by atoms with Crippen molar-refractivity contribution in [3.63, 3.8) is 0 Å². The Morgan fingerprint density at radius 1 is 0.927 bits per heavy atom. The quantitative estimate of drug-likeness (QED) is 0.279. The number of halogens is 1. The Labute approximate surface area is 237 Å². The van der Waals surface area contributed by atoms with E-state index in [-0.39, 0.29) is 17.6 Å². The number of H-pyrrole nitrogens is 1. The van der Waals surface area contributed by atoms with E-state index in [0.717, 1.165) is 33.5 Å². The summed E-state index contributed by atoms with van der Waals surface area (Å²) in [6.07, 6.45) is 0. The van der Waals surface area contributed by atoms with Crippen LogP contribution in [0.15, 0.2) is 78.9 Å². The van der Waals surface area contributed by atoms with Crippen molar-refractivity contribution < 1.29 is 18.7 Å². The number of imidazole rings is 1. The molecule has 1 fully saturated rings. The highest BCUT2D eigenvalue weighted by Crippen LogP contribution is 2.52. The molecule has 7 nitrogen and oxygen atoms in total. The third kappa shape index (κ3) is 4.35. The summed E-state index contributed by atoms with van der Waals surface area (Å²) in [6.45, 7) is 6.51. The molecule has 41 heavy (non-hydrogen) atoms. The molecule has 0 saturated carbocycles. The summed E-state index contributed by atoms with van der Waals surface area (Å²) >= 11 is 0. The van der Waals surface area contributed by atoms with Crippen LogP contribution in [0.25, 0.3) is 22.3 Å². The number of nitrogens with one attached hydrogen (secondary N) is 1. The molecule has 0 aliphatic carbocycles. The zero-order valence-corrected chi connectivity index (χ0v) is 22.9. The van der Waals surface area contributed by atoms with Crippen LogP contribution in [0.4, 0.5) is 4.39 Å². The Bertz CT molecular complexity index is 1740. The number of nitrogens with zero attached hydrogens (tertiary/aromatic N) is 3. The van der Waals surface area contributed by atoms with Crippen LogP contribution < -0.4 is 4.74 Å². The third-order valence-corrected chi connectivity index (χ3v) is 8.16. The molecule has 1 amide bonds. The number of fused-ring (bicyclic) bond motifs is 3. The van der Waals surface area contributed by atoms with Gasteiger partial charge in [-0.05, 0) is 36.4 Å². The van der Waals surface area contributed by atoms with Gasteiger partial charge in [0, 0.05) is 46.7 Å². The minimum Gasteiger partial charge on any atom is -0.435 e. The third-order valence-electron chi connectivity index (χ3n) is 8.16. The van der Waals surface area contributed by atoms with Crippen LogP contribution in [0.3, 0.4) is 0 Å². The molecule has 0 radical (unpaired) electrons. The molecule has 1 N–H and O–H groups in total. The van der Waals surface area contributed by atoms with Crippen LogP contribution in [0, 0.1) is 5.82 Å². The number of carbonyl (C=O) groups is 1. The lowest BCUT2D eigenvalue weighted by atomic mass is 9.69. The van der Waals surface area contributed by atoms with Gasteiger partial charge in [-0.25, -0.2) is 14.4 Å². The van der Waals surface area contributed by atoms with E-state index in [1.807, 2.05) is 66.7 Å². The number of aromatic nitrogens is 3. The number of carbonyl (C=O) groups excluding carboxylic acids is 1. The monoisotopic (exact) mass is 548 g/mol. The summed E-state index contributed by atoms with van der Waals surface area (Å²) in [7, 11) is 0. The molecule has 1 atom stereocenters. The maximum Gasteiger partial charge on any atom is 0.254 e. The van der Waals surface area contributed by atoms with Crippen molar-refractivity contribution in [1.82, 2.24) is 19.9 Å². The predicted octanol–water partition coefficient (Wildman–Crippen LogP) is 6.45. The fraction of sp³-hybridized carbons (Fsp3) is 0.242. The van der Waals surface area contributed by atoms with Crippen LogP contribution in [0.5, 0.6) is 11.6 Å². The summed E-state index contributed by atoms with van der Waals surface area (Å²) in [5.41, 5.74) is 5.02. The Morgan fingerprint density at radius 3 is 2.49 bits per heavy atom. The van der Waals surface area contributed by atoms with Gasteiger partial charge in [0.25, 0.3) is 5.91 Å². The highest BCUT2D eigenvalue weighted by Gasteiger charge is 2.43. The standard InChI is InChI=1S/C33H29FN4O3/c1-33(2,32-36-26-8-3-4-9-27(26)37-32)28-22-6-5-7-24(34)29(22)41-30-23(28)14-15-25(35-30)20-10-12-21(13-11-20)31(39)38-16-18-40-19-17-38/h3-15,28H,16-19H2,1-2H3,(H,36,37). The first kappa shape index (κ1) is 25.4. The molecule has 206 valence electrons.